The zero-order valence-electron chi connectivity index (χ0n) is 9.68. The van der Waals surface area contributed by atoms with Crippen molar-refractivity contribution >= 4 is 0 Å². The first kappa shape index (κ1) is 13.7. The van der Waals surface area contributed by atoms with Crippen molar-refractivity contribution in [1.82, 2.24) is 10.2 Å². The molecule has 0 aromatic carbocycles. The quantitative estimate of drug-likeness (QED) is 0.800. The lowest BCUT2D eigenvalue weighted by molar-refractivity contribution is -0.151. The Morgan fingerprint density at radius 1 is 1.44 bits per heavy atom. The molecule has 0 bridgehead atoms. The van der Waals surface area contributed by atoms with Crippen molar-refractivity contribution in [2.24, 2.45) is 0 Å². The van der Waals surface area contributed by atoms with E-state index < -0.39 is 12.7 Å². The highest BCUT2D eigenvalue weighted by atomic mass is 19.4. The summed E-state index contributed by atoms with van der Waals surface area (Å²) >= 11 is 0. The third kappa shape index (κ3) is 5.14. The van der Waals surface area contributed by atoms with Crippen molar-refractivity contribution in [3.8, 4) is 0 Å². The first-order chi connectivity index (χ1) is 7.38. The van der Waals surface area contributed by atoms with Crippen molar-refractivity contribution in [2.45, 2.75) is 32.1 Å². The summed E-state index contributed by atoms with van der Waals surface area (Å²) in [4.78, 5) is 1.42. The summed E-state index contributed by atoms with van der Waals surface area (Å²) in [5.74, 6) is 0. The Morgan fingerprint density at radius 2 is 2.12 bits per heavy atom. The van der Waals surface area contributed by atoms with Gasteiger partial charge in [0.2, 0.25) is 0 Å². The lowest BCUT2D eigenvalue weighted by atomic mass is 10.2. The van der Waals surface area contributed by atoms with E-state index in [2.05, 4.69) is 5.32 Å². The Hall–Kier alpha value is -0.330. The number of hydrogen-bond acceptors (Lipinski definition) is 3. The van der Waals surface area contributed by atoms with E-state index in [0.29, 0.717) is 26.3 Å². The summed E-state index contributed by atoms with van der Waals surface area (Å²) in [5.41, 5.74) is 0. The molecule has 6 heteroatoms. The van der Waals surface area contributed by atoms with Gasteiger partial charge in [0.1, 0.15) is 0 Å². The SMILES string of the molecule is CC(C)N(CC1COCCN1)CC(F)(F)F. The van der Waals surface area contributed by atoms with E-state index in [1.807, 2.05) is 0 Å². The van der Waals surface area contributed by atoms with Gasteiger partial charge >= 0.3 is 6.18 Å². The zero-order valence-corrected chi connectivity index (χ0v) is 9.68. The van der Waals surface area contributed by atoms with Crippen LogP contribution in [-0.2, 0) is 4.74 Å². The van der Waals surface area contributed by atoms with Crippen LogP contribution in [0, 0.1) is 0 Å². The predicted octanol–water partition coefficient (Wildman–Crippen LogP) is 1.25. The van der Waals surface area contributed by atoms with Crippen LogP contribution >= 0.6 is 0 Å². The minimum Gasteiger partial charge on any atom is -0.378 e. The van der Waals surface area contributed by atoms with Crippen LogP contribution in [0.3, 0.4) is 0 Å². The van der Waals surface area contributed by atoms with Gasteiger partial charge < -0.3 is 10.1 Å². The second-order valence-electron chi connectivity index (χ2n) is 4.36. The molecule has 0 aliphatic carbocycles. The molecule has 96 valence electrons. The molecule has 1 aliphatic rings. The van der Waals surface area contributed by atoms with Gasteiger partial charge in [-0.3, -0.25) is 4.90 Å². The molecular weight excluding hydrogens is 221 g/mol. The second-order valence-corrected chi connectivity index (χ2v) is 4.36. The van der Waals surface area contributed by atoms with Crippen molar-refractivity contribution in [3.63, 3.8) is 0 Å². The number of halogens is 3. The molecule has 1 N–H and O–H groups in total. The van der Waals surface area contributed by atoms with Crippen LogP contribution in [0.1, 0.15) is 13.8 Å². The fraction of sp³-hybridized carbons (Fsp3) is 1.00. The van der Waals surface area contributed by atoms with E-state index in [-0.39, 0.29) is 12.1 Å². The van der Waals surface area contributed by atoms with Gasteiger partial charge in [0.25, 0.3) is 0 Å². The van der Waals surface area contributed by atoms with Gasteiger partial charge in [-0.2, -0.15) is 13.2 Å². The van der Waals surface area contributed by atoms with E-state index in [1.165, 1.54) is 4.90 Å². The normalized spacial score (nSPS) is 23.1. The Kier molecular flexibility index (Phi) is 5.01. The fourth-order valence-electron chi connectivity index (χ4n) is 1.71. The van der Waals surface area contributed by atoms with Crippen LogP contribution in [-0.4, -0.2) is 56.0 Å². The van der Waals surface area contributed by atoms with E-state index in [0.717, 1.165) is 0 Å². The number of morpholine rings is 1. The van der Waals surface area contributed by atoms with Gasteiger partial charge in [0.15, 0.2) is 0 Å². The maximum absolute atomic E-state index is 12.3. The maximum atomic E-state index is 12.3. The van der Waals surface area contributed by atoms with Crippen LogP contribution in [0.4, 0.5) is 13.2 Å². The molecule has 16 heavy (non-hydrogen) atoms. The first-order valence-electron chi connectivity index (χ1n) is 5.50. The van der Waals surface area contributed by atoms with E-state index in [9.17, 15) is 13.2 Å². The molecule has 1 atom stereocenters. The monoisotopic (exact) mass is 240 g/mol. The Balaban J connectivity index is 2.43. The molecule has 1 heterocycles. The lowest BCUT2D eigenvalue weighted by Crippen LogP contribution is -2.51. The van der Waals surface area contributed by atoms with Gasteiger partial charge in [-0.05, 0) is 13.8 Å². The van der Waals surface area contributed by atoms with Crippen LogP contribution in [0.5, 0.6) is 0 Å². The highest BCUT2D eigenvalue weighted by Gasteiger charge is 2.32. The fourth-order valence-corrected chi connectivity index (χ4v) is 1.71. The molecule has 3 nitrogen and oxygen atoms in total. The third-order valence-electron chi connectivity index (χ3n) is 2.57. The van der Waals surface area contributed by atoms with E-state index >= 15 is 0 Å². The number of nitrogens with zero attached hydrogens (tertiary/aromatic N) is 1. The van der Waals surface area contributed by atoms with Crippen LogP contribution in [0.25, 0.3) is 0 Å². The summed E-state index contributed by atoms with van der Waals surface area (Å²) in [7, 11) is 0. The van der Waals surface area contributed by atoms with Crippen LogP contribution < -0.4 is 5.32 Å². The smallest absolute Gasteiger partial charge is 0.378 e. The van der Waals surface area contributed by atoms with Crippen molar-refractivity contribution in [1.29, 1.82) is 0 Å². The maximum Gasteiger partial charge on any atom is 0.401 e. The van der Waals surface area contributed by atoms with E-state index in [4.69, 9.17) is 4.74 Å². The summed E-state index contributed by atoms with van der Waals surface area (Å²) in [5, 5.41) is 3.16. The molecule has 1 rings (SSSR count). The van der Waals surface area contributed by atoms with Crippen LogP contribution in [0.15, 0.2) is 0 Å². The van der Waals surface area contributed by atoms with Gasteiger partial charge in [0.05, 0.1) is 19.8 Å². The average molecular weight is 240 g/mol. The average Bonchev–Trinajstić information content (AvgIpc) is 2.16. The molecule has 1 fully saturated rings. The molecule has 0 amide bonds. The van der Waals surface area contributed by atoms with Gasteiger partial charge in [-0.25, -0.2) is 0 Å². The molecule has 0 aromatic heterocycles. The molecule has 0 spiro atoms. The molecule has 1 unspecified atom stereocenters. The Labute approximate surface area is 93.9 Å². The van der Waals surface area contributed by atoms with Gasteiger partial charge in [0, 0.05) is 25.2 Å². The highest BCUT2D eigenvalue weighted by molar-refractivity contribution is 4.77. The number of nitrogens with one attached hydrogen (secondary N) is 1. The molecular formula is C10H19F3N2O. The second kappa shape index (κ2) is 5.84. The summed E-state index contributed by atoms with van der Waals surface area (Å²) in [6.07, 6.45) is -4.14. The van der Waals surface area contributed by atoms with E-state index in [1.54, 1.807) is 13.8 Å². The number of rotatable bonds is 4. The number of ether oxygens (including phenoxy) is 1. The summed E-state index contributed by atoms with van der Waals surface area (Å²) in [6.45, 7) is 4.89. The third-order valence-corrected chi connectivity index (χ3v) is 2.57. The summed E-state index contributed by atoms with van der Waals surface area (Å²) < 4.78 is 42.2. The molecule has 0 saturated carbocycles. The predicted molar refractivity (Wildman–Crippen MR) is 55.4 cm³/mol. The first-order valence-corrected chi connectivity index (χ1v) is 5.50. The number of alkyl halides is 3. The Bertz CT molecular complexity index is 203. The summed E-state index contributed by atoms with van der Waals surface area (Å²) in [6, 6.07) is -0.121. The number of hydrogen-bond donors (Lipinski definition) is 1. The van der Waals surface area contributed by atoms with Crippen molar-refractivity contribution < 1.29 is 17.9 Å². The largest absolute Gasteiger partial charge is 0.401 e. The highest BCUT2D eigenvalue weighted by Crippen LogP contribution is 2.18. The lowest BCUT2D eigenvalue weighted by Gasteiger charge is -2.33. The minimum absolute atomic E-state index is 0.00139. The molecule has 0 aromatic rings. The Morgan fingerprint density at radius 3 is 2.56 bits per heavy atom. The van der Waals surface area contributed by atoms with Crippen LogP contribution in [0.2, 0.25) is 0 Å². The topological polar surface area (TPSA) is 24.5 Å². The van der Waals surface area contributed by atoms with Crippen molar-refractivity contribution in [3.05, 3.63) is 0 Å². The minimum atomic E-state index is -4.14. The molecule has 1 saturated heterocycles. The zero-order chi connectivity index (χ0) is 12.2. The molecule has 0 radical (unpaired) electrons. The molecule has 1 aliphatic heterocycles. The van der Waals surface area contributed by atoms with Gasteiger partial charge in [-0.1, -0.05) is 0 Å². The van der Waals surface area contributed by atoms with Crippen molar-refractivity contribution in [2.75, 3.05) is 32.8 Å². The van der Waals surface area contributed by atoms with Gasteiger partial charge in [-0.15, -0.1) is 0 Å². The standard InChI is InChI=1S/C10H19F3N2O/c1-8(2)15(7-10(11,12)13)5-9-6-16-4-3-14-9/h8-9,14H,3-7H2,1-2H3.